The van der Waals surface area contributed by atoms with E-state index in [2.05, 4.69) is 15.6 Å². The van der Waals surface area contributed by atoms with E-state index in [1.807, 2.05) is 31.2 Å². The lowest BCUT2D eigenvalue weighted by Crippen LogP contribution is -2.21. The van der Waals surface area contributed by atoms with Crippen LogP contribution in [0.1, 0.15) is 24.2 Å². The average molecular weight is 287 g/mol. The molecule has 21 heavy (non-hydrogen) atoms. The van der Waals surface area contributed by atoms with Crippen LogP contribution in [0.5, 0.6) is 0 Å². The fraction of sp³-hybridized carbons (Fsp3) is 0.250. The Bertz CT molecular complexity index is 613. The van der Waals surface area contributed by atoms with E-state index < -0.39 is 0 Å². The molecule has 0 aliphatic carbocycles. The van der Waals surface area contributed by atoms with E-state index in [4.69, 9.17) is 0 Å². The minimum Gasteiger partial charge on any atom is -0.377 e. The van der Waals surface area contributed by atoms with Crippen molar-refractivity contribution >= 4 is 11.6 Å². The van der Waals surface area contributed by atoms with Gasteiger partial charge in [0.2, 0.25) is 5.91 Å². The van der Waals surface area contributed by atoms with Crippen molar-refractivity contribution in [2.24, 2.45) is 0 Å². The van der Waals surface area contributed by atoms with Crippen LogP contribution >= 0.6 is 0 Å². The van der Waals surface area contributed by atoms with Gasteiger partial charge in [-0.15, -0.1) is 0 Å². The van der Waals surface area contributed by atoms with E-state index in [0.29, 0.717) is 6.42 Å². The molecule has 0 spiro atoms. The lowest BCUT2D eigenvalue weighted by Gasteiger charge is -2.17. The lowest BCUT2D eigenvalue weighted by atomic mass is 10.1. The van der Waals surface area contributed by atoms with Gasteiger partial charge in [-0.1, -0.05) is 18.2 Å². The number of hydrogen-bond acceptors (Lipinski definition) is 3. The number of benzene rings is 1. The second-order valence-corrected chi connectivity index (χ2v) is 4.77. The Morgan fingerprint density at radius 3 is 2.71 bits per heavy atom. The molecule has 4 nitrogen and oxygen atoms in total. The van der Waals surface area contributed by atoms with Crippen LogP contribution in [0.25, 0.3) is 0 Å². The van der Waals surface area contributed by atoms with Gasteiger partial charge in [0, 0.05) is 12.7 Å². The van der Waals surface area contributed by atoms with Crippen molar-refractivity contribution in [1.29, 1.82) is 0 Å². The van der Waals surface area contributed by atoms with Gasteiger partial charge in [-0.25, -0.2) is 4.39 Å². The summed E-state index contributed by atoms with van der Waals surface area (Å²) in [7, 11) is 1.61. The van der Waals surface area contributed by atoms with E-state index in [1.54, 1.807) is 13.1 Å². The quantitative estimate of drug-likeness (QED) is 0.889. The summed E-state index contributed by atoms with van der Waals surface area (Å²) in [5.41, 5.74) is 2.52. The van der Waals surface area contributed by atoms with Gasteiger partial charge in [0.05, 0.1) is 24.4 Å². The Labute approximate surface area is 123 Å². The summed E-state index contributed by atoms with van der Waals surface area (Å²) >= 11 is 0. The molecule has 0 radical (unpaired) electrons. The first kappa shape index (κ1) is 15.0. The third-order valence-corrected chi connectivity index (χ3v) is 3.21. The zero-order chi connectivity index (χ0) is 15.2. The summed E-state index contributed by atoms with van der Waals surface area (Å²) in [6.07, 6.45) is 1.51. The maximum Gasteiger partial charge on any atom is 0.224 e. The SMILES string of the molecule is CNC(=O)Cc1ccccc1NC(C)c1ccc(F)cn1. The van der Waals surface area contributed by atoms with Gasteiger partial charge in [-0.3, -0.25) is 9.78 Å². The van der Waals surface area contributed by atoms with Crippen molar-refractivity contribution in [2.45, 2.75) is 19.4 Å². The number of pyridine rings is 1. The number of nitrogens with one attached hydrogen (secondary N) is 2. The van der Waals surface area contributed by atoms with Crippen LogP contribution in [-0.4, -0.2) is 17.9 Å². The number of para-hydroxylation sites is 1. The summed E-state index contributed by atoms with van der Waals surface area (Å²) in [6, 6.07) is 10.6. The number of carbonyl (C=O) groups is 1. The Morgan fingerprint density at radius 1 is 1.29 bits per heavy atom. The normalized spacial score (nSPS) is 11.8. The smallest absolute Gasteiger partial charge is 0.224 e. The van der Waals surface area contributed by atoms with Gasteiger partial charge in [0.15, 0.2) is 0 Å². The highest BCUT2D eigenvalue weighted by Gasteiger charge is 2.11. The molecule has 2 aromatic rings. The number of amides is 1. The highest BCUT2D eigenvalue weighted by molar-refractivity contribution is 5.80. The highest BCUT2D eigenvalue weighted by atomic mass is 19.1. The largest absolute Gasteiger partial charge is 0.377 e. The number of halogens is 1. The fourth-order valence-corrected chi connectivity index (χ4v) is 2.03. The van der Waals surface area contributed by atoms with Crippen molar-refractivity contribution in [2.75, 3.05) is 12.4 Å². The molecule has 0 aliphatic heterocycles. The van der Waals surface area contributed by atoms with Crippen LogP contribution in [0, 0.1) is 5.82 Å². The monoisotopic (exact) mass is 287 g/mol. The van der Waals surface area contributed by atoms with Crippen LogP contribution in [-0.2, 0) is 11.2 Å². The number of anilines is 1. The molecule has 0 aliphatic rings. The zero-order valence-corrected chi connectivity index (χ0v) is 12.1. The van der Waals surface area contributed by atoms with E-state index in [1.165, 1.54) is 12.3 Å². The summed E-state index contributed by atoms with van der Waals surface area (Å²) in [5, 5.41) is 5.92. The maximum atomic E-state index is 12.9. The number of aromatic nitrogens is 1. The van der Waals surface area contributed by atoms with Crippen molar-refractivity contribution in [1.82, 2.24) is 10.3 Å². The number of hydrogen-bond donors (Lipinski definition) is 2. The van der Waals surface area contributed by atoms with Gasteiger partial charge in [-0.05, 0) is 30.7 Å². The zero-order valence-electron chi connectivity index (χ0n) is 12.1. The minimum absolute atomic E-state index is 0.0446. The van der Waals surface area contributed by atoms with Crippen LogP contribution in [0.4, 0.5) is 10.1 Å². The van der Waals surface area contributed by atoms with Gasteiger partial charge < -0.3 is 10.6 Å². The molecule has 5 heteroatoms. The minimum atomic E-state index is -0.356. The molecule has 0 bridgehead atoms. The average Bonchev–Trinajstić information content (AvgIpc) is 2.49. The molecule has 0 fully saturated rings. The number of nitrogens with zero attached hydrogens (tertiary/aromatic N) is 1. The van der Waals surface area contributed by atoms with Crippen molar-refractivity contribution in [3.05, 3.63) is 59.7 Å². The molecule has 2 rings (SSSR count). The topological polar surface area (TPSA) is 54.0 Å². The molecular weight excluding hydrogens is 269 g/mol. The third-order valence-electron chi connectivity index (χ3n) is 3.21. The predicted molar refractivity (Wildman–Crippen MR) is 80.4 cm³/mol. The standard InChI is InChI=1S/C16H18FN3O/c1-11(14-8-7-13(17)10-19-14)20-15-6-4-3-5-12(15)9-16(21)18-2/h3-8,10-11,20H,9H2,1-2H3,(H,18,21). The van der Waals surface area contributed by atoms with E-state index in [9.17, 15) is 9.18 Å². The molecule has 1 heterocycles. The van der Waals surface area contributed by atoms with Crippen LogP contribution in [0.15, 0.2) is 42.6 Å². The molecule has 1 aromatic heterocycles. The number of carbonyl (C=O) groups excluding carboxylic acids is 1. The van der Waals surface area contributed by atoms with Gasteiger partial charge in [0.1, 0.15) is 5.82 Å². The lowest BCUT2D eigenvalue weighted by molar-refractivity contribution is -0.119. The van der Waals surface area contributed by atoms with Crippen molar-refractivity contribution in [3.63, 3.8) is 0 Å². The Hall–Kier alpha value is -2.43. The summed E-state index contributed by atoms with van der Waals surface area (Å²) in [5.74, 6) is -0.400. The van der Waals surface area contributed by atoms with E-state index in [-0.39, 0.29) is 17.8 Å². The summed E-state index contributed by atoms with van der Waals surface area (Å²) in [4.78, 5) is 15.6. The highest BCUT2D eigenvalue weighted by Crippen LogP contribution is 2.22. The van der Waals surface area contributed by atoms with Crippen LogP contribution < -0.4 is 10.6 Å². The summed E-state index contributed by atoms with van der Waals surface area (Å²) in [6.45, 7) is 1.94. The number of rotatable bonds is 5. The molecule has 0 saturated carbocycles. The summed E-state index contributed by atoms with van der Waals surface area (Å²) < 4.78 is 12.9. The van der Waals surface area contributed by atoms with Crippen molar-refractivity contribution in [3.8, 4) is 0 Å². The van der Waals surface area contributed by atoms with E-state index in [0.717, 1.165) is 16.9 Å². The maximum absolute atomic E-state index is 12.9. The van der Waals surface area contributed by atoms with E-state index >= 15 is 0 Å². The Kier molecular flexibility index (Phi) is 4.87. The Balaban J connectivity index is 2.15. The van der Waals surface area contributed by atoms with Crippen LogP contribution in [0.2, 0.25) is 0 Å². The first-order valence-electron chi connectivity index (χ1n) is 6.76. The first-order valence-corrected chi connectivity index (χ1v) is 6.76. The molecule has 1 unspecified atom stereocenters. The molecule has 2 N–H and O–H groups in total. The fourth-order valence-electron chi connectivity index (χ4n) is 2.03. The predicted octanol–water partition coefficient (Wildman–Crippen LogP) is 2.68. The molecule has 1 amide bonds. The first-order chi connectivity index (χ1) is 10.1. The second kappa shape index (κ2) is 6.83. The molecule has 110 valence electrons. The van der Waals surface area contributed by atoms with Crippen LogP contribution in [0.3, 0.4) is 0 Å². The molecule has 1 aromatic carbocycles. The van der Waals surface area contributed by atoms with Gasteiger partial charge in [0.25, 0.3) is 0 Å². The molecular formula is C16H18FN3O. The van der Waals surface area contributed by atoms with Crippen molar-refractivity contribution < 1.29 is 9.18 Å². The molecule has 1 atom stereocenters. The number of likely N-dealkylation sites (N-methyl/N-ethyl adjacent to an activating group) is 1. The second-order valence-electron chi connectivity index (χ2n) is 4.77. The third kappa shape index (κ3) is 4.02. The Morgan fingerprint density at radius 2 is 2.05 bits per heavy atom. The van der Waals surface area contributed by atoms with Gasteiger partial charge >= 0.3 is 0 Å². The molecule has 0 saturated heterocycles. The van der Waals surface area contributed by atoms with Gasteiger partial charge in [-0.2, -0.15) is 0 Å².